The minimum Gasteiger partial charge on any atom is -0.379 e. The molecule has 1 heterocycles. The van der Waals surface area contributed by atoms with Crippen LogP contribution in [0.3, 0.4) is 0 Å². The Bertz CT molecular complexity index is 505. The highest BCUT2D eigenvalue weighted by Gasteiger charge is 2.38. The lowest BCUT2D eigenvalue weighted by molar-refractivity contribution is -0.121. The van der Waals surface area contributed by atoms with Crippen molar-refractivity contribution in [3.63, 3.8) is 0 Å². The maximum absolute atomic E-state index is 12.1. The molecule has 1 saturated heterocycles. The van der Waals surface area contributed by atoms with Gasteiger partial charge in [0.15, 0.2) is 0 Å². The summed E-state index contributed by atoms with van der Waals surface area (Å²) < 4.78 is 5.16. The molecule has 0 radical (unpaired) electrons. The van der Waals surface area contributed by atoms with Crippen molar-refractivity contribution in [3.05, 3.63) is 29.8 Å². The van der Waals surface area contributed by atoms with E-state index in [0.717, 1.165) is 0 Å². The normalized spacial score (nSPS) is 21.6. The summed E-state index contributed by atoms with van der Waals surface area (Å²) in [5.74, 6) is -0.343. The minimum atomic E-state index is -0.960. The Kier molecular flexibility index (Phi) is 4.06. The Hall–Kier alpha value is -1.92. The molecule has 20 heavy (non-hydrogen) atoms. The third-order valence-corrected chi connectivity index (χ3v) is 3.30. The van der Waals surface area contributed by atoms with E-state index in [-0.39, 0.29) is 18.4 Å². The zero-order chi connectivity index (χ0) is 14.8. The van der Waals surface area contributed by atoms with Crippen LogP contribution in [-0.2, 0) is 9.53 Å². The number of ether oxygens (including phenoxy) is 1. The molecular formula is C14H19N3O3. The highest BCUT2D eigenvalue weighted by Crippen LogP contribution is 2.19. The van der Waals surface area contributed by atoms with Gasteiger partial charge >= 0.3 is 0 Å². The Balaban J connectivity index is 2.04. The number of amides is 2. The van der Waals surface area contributed by atoms with Gasteiger partial charge in [0.1, 0.15) is 5.54 Å². The smallest absolute Gasteiger partial charge is 0.253 e. The van der Waals surface area contributed by atoms with Crippen molar-refractivity contribution < 1.29 is 14.3 Å². The van der Waals surface area contributed by atoms with E-state index in [4.69, 9.17) is 10.5 Å². The van der Waals surface area contributed by atoms with E-state index >= 15 is 0 Å². The number of anilines is 1. The van der Waals surface area contributed by atoms with Crippen LogP contribution in [0, 0.1) is 0 Å². The summed E-state index contributed by atoms with van der Waals surface area (Å²) in [5, 5.41) is 2.75. The van der Waals surface area contributed by atoms with Gasteiger partial charge in [-0.05, 0) is 30.7 Å². The van der Waals surface area contributed by atoms with Crippen molar-refractivity contribution in [2.75, 3.05) is 32.6 Å². The lowest BCUT2D eigenvalue weighted by Gasteiger charge is -2.20. The molecule has 6 heteroatoms. The van der Waals surface area contributed by atoms with Gasteiger partial charge in [-0.2, -0.15) is 0 Å². The van der Waals surface area contributed by atoms with Gasteiger partial charge in [-0.1, -0.05) is 0 Å². The average Bonchev–Trinajstić information content (AvgIpc) is 2.87. The number of nitrogens with two attached hydrogens (primary N) is 1. The van der Waals surface area contributed by atoms with Gasteiger partial charge in [-0.15, -0.1) is 0 Å². The topological polar surface area (TPSA) is 84.7 Å². The fourth-order valence-electron chi connectivity index (χ4n) is 1.97. The van der Waals surface area contributed by atoms with Gasteiger partial charge in [0.25, 0.3) is 5.91 Å². The third-order valence-electron chi connectivity index (χ3n) is 3.30. The monoisotopic (exact) mass is 277 g/mol. The molecule has 3 N–H and O–H groups in total. The van der Waals surface area contributed by atoms with Crippen molar-refractivity contribution in [2.24, 2.45) is 5.73 Å². The van der Waals surface area contributed by atoms with E-state index in [9.17, 15) is 9.59 Å². The largest absolute Gasteiger partial charge is 0.379 e. The Morgan fingerprint density at radius 3 is 2.45 bits per heavy atom. The molecule has 1 aliphatic heterocycles. The summed E-state index contributed by atoms with van der Waals surface area (Å²) in [7, 11) is 3.38. The van der Waals surface area contributed by atoms with Crippen LogP contribution in [0.5, 0.6) is 0 Å². The first-order valence-electron chi connectivity index (χ1n) is 6.42. The number of nitrogens with one attached hydrogen (secondary N) is 1. The highest BCUT2D eigenvalue weighted by atomic mass is 16.5. The second-order valence-corrected chi connectivity index (χ2v) is 5.19. The van der Waals surface area contributed by atoms with Crippen molar-refractivity contribution >= 4 is 17.5 Å². The van der Waals surface area contributed by atoms with Crippen molar-refractivity contribution in [3.8, 4) is 0 Å². The molecule has 0 aromatic heterocycles. The van der Waals surface area contributed by atoms with Crippen molar-refractivity contribution in [2.45, 2.75) is 12.0 Å². The molecule has 1 aromatic rings. The van der Waals surface area contributed by atoms with Crippen LogP contribution in [0.25, 0.3) is 0 Å². The first-order chi connectivity index (χ1) is 9.42. The zero-order valence-corrected chi connectivity index (χ0v) is 11.7. The zero-order valence-electron chi connectivity index (χ0n) is 11.7. The third kappa shape index (κ3) is 2.97. The van der Waals surface area contributed by atoms with Crippen LogP contribution in [-0.4, -0.2) is 49.6 Å². The van der Waals surface area contributed by atoms with Crippen molar-refractivity contribution in [1.82, 2.24) is 4.90 Å². The summed E-state index contributed by atoms with van der Waals surface area (Å²) in [5.41, 5.74) is 6.19. The summed E-state index contributed by atoms with van der Waals surface area (Å²) in [6.45, 7) is 0.732. The van der Waals surface area contributed by atoms with Crippen LogP contribution >= 0.6 is 0 Å². The van der Waals surface area contributed by atoms with E-state index in [2.05, 4.69) is 5.32 Å². The van der Waals surface area contributed by atoms with Gasteiger partial charge in [-0.25, -0.2) is 0 Å². The molecule has 1 unspecified atom stereocenters. The number of nitrogens with zero attached hydrogens (tertiary/aromatic N) is 1. The van der Waals surface area contributed by atoms with Gasteiger partial charge in [-0.3, -0.25) is 9.59 Å². The summed E-state index contributed by atoms with van der Waals surface area (Å²) in [6, 6.07) is 6.72. The molecular weight excluding hydrogens is 258 g/mol. The fraction of sp³-hybridized carbons (Fsp3) is 0.429. The Morgan fingerprint density at radius 1 is 1.30 bits per heavy atom. The SMILES string of the molecule is CN(C)C(=O)c1ccc(NC(=O)C2(N)CCOC2)cc1. The lowest BCUT2D eigenvalue weighted by atomic mass is 9.99. The molecule has 1 aliphatic rings. The maximum atomic E-state index is 12.1. The molecule has 2 rings (SSSR count). The van der Waals surface area contributed by atoms with Crippen LogP contribution in [0.4, 0.5) is 5.69 Å². The molecule has 0 spiro atoms. The van der Waals surface area contributed by atoms with E-state index in [1.807, 2.05) is 0 Å². The number of rotatable bonds is 3. The molecule has 108 valence electrons. The first kappa shape index (κ1) is 14.5. The van der Waals surface area contributed by atoms with Crippen LogP contribution < -0.4 is 11.1 Å². The van der Waals surface area contributed by atoms with Crippen LogP contribution in [0.15, 0.2) is 24.3 Å². The van der Waals surface area contributed by atoms with Gasteiger partial charge in [0.05, 0.1) is 6.61 Å². The second kappa shape index (κ2) is 5.60. The highest BCUT2D eigenvalue weighted by molar-refractivity contribution is 5.99. The van der Waals surface area contributed by atoms with Gasteiger partial charge < -0.3 is 20.7 Å². The lowest BCUT2D eigenvalue weighted by Crippen LogP contribution is -2.51. The molecule has 6 nitrogen and oxygen atoms in total. The van der Waals surface area contributed by atoms with Crippen LogP contribution in [0.2, 0.25) is 0 Å². The molecule has 1 aromatic carbocycles. The molecule has 1 atom stereocenters. The maximum Gasteiger partial charge on any atom is 0.253 e. The number of benzene rings is 1. The Labute approximate surface area is 117 Å². The van der Waals surface area contributed by atoms with Crippen LogP contribution in [0.1, 0.15) is 16.8 Å². The molecule has 0 aliphatic carbocycles. The summed E-state index contributed by atoms with van der Waals surface area (Å²) in [4.78, 5) is 25.3. The van der Waals surface area contributed by atoms with E-state index < -0.39 is 5.54 Å². The first-order valence-corrected chi connectivity index (χ1v) is 6.42. The summed E-state index contributed by atoms with van der Waals surface area (Å²) >= 11 is 0. The number of carbonyl (C=O) groups excluding carboxylic acids is 2. The summed E-state index contributed by atoms with van der Waals surface area (Å²) in [6.07, 6.45) is 0.510. The minimum absolute atomic E-state index is 0.0811. The molecule has 0 bridgehead atoms. The number of hydrogen-bond donors (Lipinski definition) is 2. The predicted octanol–water partition coefficient (Wildman–Crippen LogP) is 0.445. The fourth-order valence-corrected chi connectivity index (χ4v) is 1.97. The molecule has 0 saturated carbocycles. The van der Waals surface area contributed by atoms with E-state index in [1.165, 1.54) is 4.90 Å². The van der Waals surface area contributed by atoms with Gasteiger partial charge in [0.2, 0.25) is 5.91 Å². The number of carbonyl (C=O) groups is 2. The second-order valence-electron chi connectivity index (χ2n) is 5.19. The van der Waals surface area contributed by atoms with E-state index in [0.29, 0.717) is 24.3 Å². The van der Waals surface area contributed by atoms with Gasteiger partial charge in [0, 0.05) is 32.0 Å². The standard InChI is InChI=1S/C14H19N3O3/c1-17(2)12(18)10-3-5-11(6-4-10)16-13(19)14(15)7-8-20-9-14/h3-6H,7-9,15H2,1-2H3,(H,16,19). The molecule has 1 fully saturated rings. The van der Waals surface area contributed by atoms with E-state index in [1.54, 1.807) is 38.4 Å². The van der Waals surface area contributed by atoms with Crippen molar-refractivity contribution in [1.29, 1.82) is 0 Å². The Morgan fingerprint density at radius 2 is 1.95 bits per heavy atom. The predicted molar refractivity (Wildman–Crippen MR) is 75.4 cm³/mol. The number of hydrogen-bond acceptors (Lipinski definition) is 4. The molecule has 2 amide bonds. The average molecular weight is 277 g/mol. The quantitative estimate of drug-likeness (QED) is 0.840.